The molecule has 0 N–H and O–H groups in total. The Morgan fingerprint density at radius 1 is 0.387 bits per heavy atom. The van der Waals surface area contributed by atoms with Crippen molar-refractivity contribution >= 4 is 17.1 Å². The highest BCUT2D eigenvalue weighted by Crippen LogP contribution is 2.40. The molecule has 0 saturated heterocycles. The van der Waals surface area contributed by atoms with Crippen LogP contribution in [0.1, 0.15) is 33.4 Å². The maximum atomic E-state index is 2.36. The zero-order chi connectivity index (χ0) is 22.1. The molecule has 0 aliphatic rings. The third kappa shape index (κ3) is 4.01. The van der Waals surface area contributed by atoms with Crippen molar-refractivity contribution in [2.45, 2.75) is 41.5 Å². The van der Waals surface area contributed by atoms with Crippen molar-refractivity contribution in [2.75, 3.05) is 4.90 Å². The molecule has 1 heteroatoms. The first-order chi connectivity index (χ1) is 14.9. The Bertz CT molecular complexity index is 1190. The average molecular weight is 406 g/mol. The van der Waals surface area contributed by atoms with E-state index in [9.17, 15) is 0 Å². The van der Waals surface area contributed by atoms with Gasteiger partial charge in [0.05, 0.1) is 0 Å². The Balaban J connectivity index is 1.92. The molecule has 0 heterocycles. The molecule has 4 aromatic carbocycles. The van der Waals surface area contributed by atoms with E-state index in [0.29, 0.717) is 0 Å². The van der Waals surface area contributed by atoms with Gasteiger partial charge in [0.1, 0.15) is 0 Å². The van der Waals surface area contributed by atoms with Gasteiger partial charge >= 0.3 is 0 Å². The molecule has 156 valence electrons. The summed E-state index contributed by atoms with van der Waals surface area (Å²) >= 11 is 0. The Morgan fingerprint density at radius 3 is 1.52 bits per heavy atom. The maximum absolute atomic E-state index is 2.36. The summed E-state index contributed by atoms with van der Waals surface area (Å²) in [4.78, 5) is 2.36. The van der Waals surface area contributed by atoms with Gasteiger partial charge in [0.15, 0.2) is 0 Å². The fraction of sp³-hybridized carbons (Fsp3) is 0.200. The van der Waals surface area contributed by atoms with E-state index >= 15 is 0 Å². The molecule has 31 heavy (non-hydrogen) atoms. The molecule has 0 aliphatic heterocycles. The lowest BCUT2D eigenvalue weighted by molar-refractivity contribution is 1.23. The van der Waals surface area contributed by atoms with Crippen molar-refractivity contribution in [1.82, 2.24) is 0 Å². The smallest absolute Gasteiger partial charge is 0.0467 e. The summed E-state index contributed by atoms with van der Waals surface area (Å²) in [7, 11) is 0. The molecule has 0 amide bonds. The van der Waals surface area contributed by atoms with Crippen molar-refractivity contribution in [1.29, 1.82) is 0 Å². The van der Waals surface area contributed by atoms with Crippen LogP contribution in [0.25, 0.3) is 11.1 Å². The third-order valence-electron chi connectivity index (χ3n) is 6.27. The van der Waals surface area contributed by atoms with E-state index in [2.05, 4.69) is 125 Å². The highest BCUT2D eigenvalue weighted by atomic mass is 15.1. The molecule has 0 saturated carbocycles. The van der Waals surface area contributed by atoms with Crippen molar-refractivity contribution < 1.29 is 0 Å². The lowest BCUT2D eigenvalue weighted by atomic mass is 9.89. The van der Waals surface area contributed by atoms with Gasteiger partial charge in [-0.2, -0.15) is 0 Å². The van der Waals surface area contributed by atoms with Crippen LogP contribution in [-0.2, 0) is 0 Å². The molecule has 0 radical (unpaired) electrons. The number of nitrogens with zero attached hydrogens (tertiary/aromatic N) is 1. The summed E-state index contributed by atoms with van der Waals surface area (Å²) in [5.41, 5.74) is 14.1. The monoisotopic (exact) mass is 405 g/mol. The molecule has 4 rings (SSSR count). The highest BCUT2D eigenvalue weighted by Gasteiger charge is 2.17. The third-order valence-corrected chi connectivity index (χ3v) is 6.27. The van der Waals surface area contributed by atoms with Crippen molar-refractivity contribution in [3.63, 3.8) is 0 Å². The second-order valence-corrected chi connectivity index (χ2v) is 8.66. The zero-order valence-corrected chi connectivity index (χ0v) is 19.5. The lowest BCUT2D eigenvalue weighted by Crippen LogP contribution is -2.11. The van der Waals surface area contributed by atoms with E-state index in [1.807, 2.05) is 0 Å². The van der Waals surface area contributed by atoms with Gasteiger partial charge < -0.3 is 4.90 Å². The topological polar surface area (TPSA) is 3.24 Å². The van der Waals surface area contributed by atoms with Crippen LogP contribution in [0.4, 0.5) is 17.1 Å². The average Bonchev–Trinajstić information content (AvgIpc) is 2.73. The van der Waals surface area contributed by atoms with E-state index in [1.54, 1.807) is 0 Å². The second kappa shape index (κ2) is 8.43. The predicted octanol–water partition coefficient (Wildman–Crippen LogP) is 8.67. The number of benzene rings is 4. The zero-order valence-electron chi connectivity index (χ0n) is 19.5. The Kier molecular flexibility index (Phi) is 5.69. The van der Waals surface area contributed by atoms with Gasteiger partial charge in [0.25, 0.3) is 0 Å². The first-order valence-electron chi connectivity index (χ1n) is 11.0. The van der Waals surface area contributed by atoms with Crippen LogP contribution in [0.5, 0.6) is 0 Å². The van der Waals surface area contributed by atoms with Crippen LogP contribution in [0.2, 0.25) is 0 Å². The van der Waals surface area contributed by atoms with E-state index in [0.717, 1.165) is 0 Å². The second-order valence-electron chi connectivity index (χ2n) is 8.66. The summed E-state index contributed by atoms with van der Waals surface area (Å²) in [6, 6.07) is 28.6. The highest BCUT2D eigenvalue weighted by molar-refractivity contribution is 5.83. The minimum Gasteiger partial charge on any atom is -0.310 e. The first kappa shape index (κ1) is 20.9. The van der Waals surface area contributed by atoms with E-state index < -0.39 is 0 Å². The Labute approximate surface area is 187 Å². The number of hydrogen-bond donors (Lipinski definition) is 0. The van der Waals surface area contributed by atoms with Crippen molar-refractivity contribution in [3.05, 3.63) is 112 Å². The Morgan fingerprint density at radius 2 is 0.935 bits per heavy atom. The van der Waals surface area contributed by atoms with Gasteiger partial charge in [-0.25, -0.2) is 0 Å². The van der Waals surface area contributed by atoms with Crippen LogP contribution >= 0.6 is 0 Å². The number of rotatable bonds is 4. The van der Waals surface area contributed by atoms with Crippen LogP contribution in [0.3, 0.4) is 0 Å². The summed E-state index contributed by atoms with van der Waals surface area (Å²) in [6.07, 6.45) is 0. The minimum atomic E-state index is 1.17. The molecule has 0 spiro atoms. The van der Waals surface area contributed by atoms with Crippen LogP contribution < -0.4 is 4.90 Å². The van der Waals surface area contributed by atoms with Crippen molar-refractivity contribution in [3.8, 4) is 11.1 Å². The molecular formula is C30H31N. The van der Waals surface area contributed by atoms with Gasteiger partial charge in [-0.15, -0.1) is 0 Å². The van der Waals surface area contributed by atoms with Crippen molar-refractivity contribution in [2.24, 2.45) is 0 Å². The predicted molar refractivity (Wildman–Crippen MR) is 135 cm³/mol. The fourth-order valence-corrected chi connectivity index (χ4v) is 4.56. The first-order valence-corrected chi connectivity index (χ1v) is 11.0. The van der Waals surface area contributed by atoms with Gasteiger partial charge in [0, 0.05) is 17.1 Å². The van der Waals surface area contributed by atoms with E-state index in [4.69, 9.17) is 0 Å². The number of anilines is 3. The van der Waals surface area contributed by atoms with Crippen LogP contribution in [-0.4, -0.2) is 0 Å². The summed E-state index contributed by atoms with van der Waals surface area (Å²) in [6.45, 7) is 13.2. The van der Waals surface area contributed by atoms with Gasteiger partial charge in [-0.05, 0) is 122 Å². The molecule has 0 aliphatic carbocycles. The summed E-state index contributed by atoms with van der Waals surface area (Å²) in [5, 5.41) is 0. The number of hydrogen-bond acceptors (Lipinski definition) is 1. The number of para-hydroxylation sites is 1. The van der Waals surface area contributed by atoms with Gasteiger partial charge in [-0.1, -0.05) is 42.5 Å². The molecular weight excluding hydrogens is 374 g/mol. The van der Waals surface area contributed by atoms with Crippen LogP contribution in [0, 0.1) is 41.5 Å². The van der Waals surface area contributed by atoms with Gasteiger partial charge in [0.2, 0.25) is 0 Å². The van der Waals surface area contributed by atoms with Gasteiger partial charge in [-0.3, -0.25) is 0 Å². The largest absolute Gasteiger partial charge is 0.310 e. The molecule has 0 bridgehead atoms. The molecule has 0 unspecified atom stereocenters. The lowest BCUT2D eigenvalue weighted by Gasteiger charge is -2.28. The molecule has 0 aromatic heterocycles. The molecule has 1 nitrogen and oxygen atoms in total. The number of aryl methyl sites for hydroxylation is 6. The SMILES string of the molecule is Cc1ccc(N(c2ccccc2)c2cc(C)c(-c3c(C)cccc3C)c(C)c2)cc1C. The Hall–Kier alpha value is -3.32. The summed E-state index contributed by atoms with van der Waals surface area (Å²) in [5.74, 6) is 0. The molecule has 0 fully saturated rings. The maximum Gasteiger partial charge on any atom is 0.0467 e. The quantitative estimate of drug-likeness (QED) is 0.328. The summed E-state index contributed by atoms with van der Waals surface area (Å²) < 4.78 is 0. The molecule has 4 aromatic rings. The standard InChI is InChI=1S/C30H31N/c1-20-15-16-27(17-23(20)4)31(26-13-8-7-9-14-26)28-18-24(5)30(25(6)19-28)29-21(2)11-10-12-22(29)3/h7-19H,1-6H3. The fourth-order valence-electron chi connectivity index (χ4n) is 4.56. The van der Waals surface area contributed by atoms with E-state index in [1.165, 1.54) is 61.6 Å². The normalized spacial score (nSPS) is 10.9. The van der Waals surface area contributed by atoms with Crippen LogP contribution in [0.15, 0.2) is 78.9 Å². The van der Waals surface area contributed by atoms with E-state index in [-0.39, 0.29) is 0 Å². The molecule has 0 atom stereocenters. The minimum absolute atomic E-state index is 1.17.